The summed E-state index contributed by atoms with van der Waals surface area (Å²) in [4.78, 5) is 28.6. The number of carbonyl (C=O) groups excluding carboxylic acids is 2. The van der Waals surface area contributed by atoms with E-state index in [4.69, 9.17) is 27.9 Å². The summed E-state index contributed by atoms with van der Waals surface area (Å²) in [7, 11) is 0. The normalized spacial score (nSPS) is 10.3. The molecule has 7 nitrogen and oxygen atoms in total. The molecule has 1 aromatic heterocycles. The van der Waals surface area contributed by atoms with Gasteiger partial charge in [0, 0.05) is 23.3 Å². The minimum absolute atomic E-state index is 0.118. The number of hydrazine groups is 1. The van der Waals surface area contributed by atoms with Crippen LogP contribution in [0.15, 0.2) is 60.8 Å². The topological polar surface area (TPSA) is 92.4 Å². The second-order valence-electron chi connectivity index (χ2n) is 6.56. The van der Waals surface area contributed by atoms with E-state index >= 15 is 0 Å². The van der Waals surface area contributed by atoms with Crippen molar-refractivity contribution in [1.82, 2.24) is 15.8 Å². The molecule has 0 fully saturated rings. The molecule has 0 saturated heterocycles. The number of pyridine rings is 1. The van der Waals surface area contributed by atoms with Gasteiger partial charge in [0.1, 0.15) is 17.4 Å². The predicted molar refractivity (Wildman–Crippen MR) is 121 cm³/mol. The van der Waals surface area contributed by atoms with E-state index < -0.39 is 17.6 Å². The van der Waals surface area contributed by atoms with Crippen LogP contribution in [-0.2, 0) is 4.79 Å². The summed E-state index contributed by atoms with van der Waals surface area (Å²) in [6.07, 6.45) is 2.01. The van der Waals surface area contributed by atoms with Crippen molar-refractivity contribution in [2.45, 2.75) is 12.8 Å². The molecule has 0 bridgehead atoms. The van der Waals surface area contributed by atoms with Crippen molar-refractivity contribution in [3.8, 4) is 5.75 Å². The third-order valence-corrected chi connectivity index (χ3v) is 4.69. The Labute approximate surface area is 193 Å². The van der Waals surface area contributed by atoms with Crippen molar-refractivity contribution in [3.63, 3.8) is 0 Å². The van der Waals surface area contributed by atoms with Crippen molar-refractivity contribution in [2.24, 2.45) is 0 Å². The summed E-state index contributed by atoms with van der Waals surface area (Å²) in [5, 5.41) is 3.77. The lowest BCUT2D eigenvalue weighted by molar-refractivity contribution is -0.122. The van der Waals surface area contributed by atoms with Crippen molar-refractivity contribution < 1.29 is 18.7 Å². The van der Waals surface area contributed by atoms with Gasteiger partial charge in [-0.25, -0.2) is 9.37 Å². The first kappa shape index (κ1) is 23.3. The van der Waals surface area contributed by atoms with Crippen LogP contribution in [0.5, 0.6) is 5.75 Å². The molecule has 10 heteroatoms. The SMILES string of the molecule is O=C(CCCOc1ccc(Cl)cc1Cl)NNC(=O)c1cccnc1Nc1cccc(F)c1. The Morgan fingerprint density at radius 3 is 2.66 bits per heavy atom. The molecule has 0 saturated carbocycles. The number of amides is 2. The number of hydrogen-bond acceptors (Lipinski definition) is 5. The number of carbonyl (C=O) groups is 2. The van der Waals surface area contributed by atoms with Crippen LogP contribution in [0.25, 0.3) is 0 Å². The summed E-state index contributed by atoms with van der Waals surface area (Å²) in [6, 6.07) is 13.7. The van der Waals surface area contributed by atoms with Gasteiger partial charge >= 0.3 is 0 Å². The maximum absolute atomic E-state index is 13.4. The van der Waals surface area contributed by atoms with Gasteiger partial charge in [-0.3, -0.25) is 20.4 Å². The molecule has 0 aliphatic heterocycles. The number of halogens is 3. The second-order valence-corrected chi connectivity index (χ2v) is 7.41. The first-order valence-electron chi connectivity index (χ1n) is 9.57. The van der Waals surface area contributed by atoms with Gasteiger partial charge in [-0.05, 0) is 55.0 Å². The van der Waals surface area contributed by atoms with Gasteiger partial charge < -0.3 is 10.1 Å². The average molecular weight is 477 g/mol. The first-order valence-corrected chi connectivity index (χ1v) is 10.3. The van der Waals surface area contributed by atoms with E-state index in [1.807, 2.05) is 0 Å². The van der Waals surface area contributed by atoms with Crippen LogP contribution in [0, 0.1) is 5.82 Å². The zero-order valence-corrected chi connectivity index (χ0v) is 18.2. The van der Waals surface area contributed by atoms with Crippen LogP contribution >= 0.6 is 23.2 Å². The fraction of sp³-hybridized carbons (Fsp3) is 0.136. The fourth-order valence-electron chi connectivity index (χ4n) is 2.65. The van der Waals surface area contributed by atoms with Crippen LogP contribution in [0.2, 0.25) is 10.0 Å². The smallest absolute Gasteiger partial charge is 0.273 e. The predicted octanol–water partition coefficient (Wildman–Crippen LogP) is 4.89. The molecule has 0 aliphatic rings. The van der Waals surface area contributed by atoms with Gasteiger partial charge in [-0.15, -0.1) is 0 Å². The third kappa shape index (κ3) is 6.83. The molecule has 3 rings (SSSR count). The Hall–Kier alpha value is -3.36. The van der Waals surface area contributed by atoms with E-state index in [0.717, 1.165) is 0 Å². The van der Waals surface area contributed by atoms with Gasteiger partial charge in [-0.1, -0.05) is 29.3 Å². The third-order valence-electron chi connectivity index (χ3n) is 4.15. The zero-order chi connectivity index (χ0) is 22.9. The van der Waals surface area contributed by atoms with Crippen molar-refractivity contribution in [3.05, 3.63) is 82.2 Å². The average Bonchev–Trinajstić information content (AvgIpc) is 2.76. The van der Waals surface area contributed by atoms with Gasteiger partial charge in [0.05, 0.1) is 17.2 Å². The molecule has 0 radical (unpaired) electrons. The molecular weight excluding hydrogens is 458 g/mol. The summed E-state index contributed by atoms with van der Waals surface area (Å²) >= 11 is 11.9. The van der Waals surface area contributed by atoms with E-state index in [0.29, 0.717) is 27.9 Å². The number of aromatic nitrogens is 1. The minimum Gasteiger partial charge on any atom is -0.492 e. The Bertz CT molecular complexity index is 1110. The van der Waals surface area contributed by atoms with Crippen molar-refractivity contribution in [1.29, 1.82) is 0 Å². The molecule has 0 spiro atoms. The van der Waals surface area contributed by atoms with E-state index in [-0.39, 0.29) is 24.4 Å². The summed E-state index contributed by atoms with van der Waals surface area (Å²) in [6.45, 7) is 0.257. The van der Waals surface area contributed by atoms with Crippen molar-refractivity contribution >= 4 is 46.5 Å². The van der Waals surface area contributed by atoms with E-state index in [1.54, 1.807) is 30.3 Å². The van der Waals surface area contributed by atoms with Crippen LogP contribution in [0.4, 0.5) is 15.9 Å². The molecule has 0 unspecified atom stereocenters. The Kier molecular flexibility index (Phi) is 8.24. The highest BCUT2D eigenvalue weighted by atomic mass is 35.5. The van der Waals surface area contributed by atoms with Crippen LogP contribution in [0.3, 0.4) is 0 Å². The Morgan fingerprint density at radius 1 is 1.03 bits per heavy atom. The standard InChI is InChI=1S/C22H19Cl2FN4O3/c23-14-8-9-19(18(24)12-14)32-11-3-7-20(30)28-29-22(31)17-6-2-10-26-21(17)27-16-5-1-4-15(25)13-16/h1-2,4-6,8-10,12-13H,3,7,11H2,(H,26,27)(H,28,30)(H,29,31). The molecule has 32 heavy (non-hydrogen) atoms. The Balaban J connectivity index is 1.46. The number of anilines is 2. The molecule has 1 heterocycles. The highest BCUT2D eigenvalue weighted by Gasteiger charge is 2.14. The maximum Gasteiger partial charge on any atom is 0.273 e. The highest BCUT2D eigenvalue weighted by Crippen LogP contribution is 2.27. The molecule has 3 N–H and O–H groups in total. The fourth-order valence-corrected chi connectivity index (χ4v) is 3.12. The number of ether oxygens (including phenoxy) is 1. The van der Waals surface area contributed by atoms with E-state index in [2.05, 4.69) is 21.2 Å². The summed E-state index contributed by atoms with van der Waals surface area (Å²) in [5.41, 5.74) is 5.30. The van der Waals surface area contributed by atoms with E-state index in [1.165, 1.54) is 30.5 Å². The van der Waals surface area contributed by atoms with Gasteiger partial charge in [-0.2, -0.15) is 0 Å². The molecular formula is C22H19Cl2FN4O3. The second kappa shape index (κ2) is 11.3. The number of nitrogens with one attached hydrogen (secondary N) is 3. The monoisotopic (exact) mass is 476 g/mol. The van der Waals surface area contributed by atoms with E-state index in [9.17, 15) is 14.0 Å². The lowest BCUT2D eigenvalue weighted by Crippen LogP contribution is -2.41. The molecule has 0 atom stereocenters. The molecule has 3 aromatic rings. The number of rotatable bonds is 8. The minimum atomic E-state index is -0.574. The Morgan fingerprint density at radius 2 is 1.88 bits per heavy atom. The molecule has 2 amide bonds. The zero-order valence-electron chi connectivity index (χ0n) is 16.7. The largest absolute Gasteiger partial charge is 0.492 e. The highest BCUT2D eigenvalue weighted by molar-refractivity contribution is 6.35. The molecule has 166 valence electrons. The molecule has 2 aromatic carbocycles. The van der Waals surface area contributed by atoms with Crippen LogP contribution < -0.4 is 20.9 Å². The number of hydrogen-bond donors (Lipinski definition) is 3. The van der Waals surface area contributed by atoms with Crippen LogP contribution in [0.1, 0.15) is 23.2 Å². The molecule has 0 aliphatic carbocycles. The number of benzene rings is 2. The van der Waals surface area contributed by atoms with Gasteiger partial charge in [0.25, 0.3) is 5.91 Å². The number of nitrogens with zero attached hydrogens (tertiary/aromatic N) is 1. The first-order chi connectivity index (χ1) is 15.4. The summed E-state index contributed by atoms with van der Waals surface area (Å²) < 4.78 is 18.9. The van der Waals surface area contributed by atoms with Gasteiger partial charge in [0.2, 0.25) is 5.91 Å². The lowest BCUT2D eigenvalue weighted by atomic mass is 10.2. The maximum atomic E-state index is 13.4. The quantitative estimate of drug-likeness (QED) is 0.317. The van der Waals surface area contributed by atoms with Crippen molar-refractivity contribution in [2.75, 3.05) is 11.9 Å². The lowest BCUT2D eigenvalue weighted by Gasteiger charge is -2.12. The summed E-state index contributed by atoms with van der Waals surface area (Å²) in [5.74, 6) is -0.702. The van der Waals surface area contributed by atoms with Crippen LogP contribution in [-0.4, -0.2) is 23.4 Å². The van der Waals surface area contributed by atoms with Gasteiger partial charge in [0.15, 0.2) is 0 Å².